The highest BCUT2D eigenvalue weighted by atomic mass is 19.1. The molecule has 0 fully saturated rings. The summed E-state index contributed by atoms with van der Waals surface area (Å²) in [6, 6.07) is 12.9. The lowest BCUT2D eigenvalue weighted by Gasteiger charge is -2.19. The normalized spacial score (nSPS) is 13.8. The van der Waals surface area contributed by atoms with E-state index in [1.165, 1.54) is 31.4 Å². The van der Waals surface area contributed by atoms with Crippen molar-refractivity contribution in [3.05, 3.63) is 82.7 Å². The summed E-state index contributed by atoms with van der Waals surface area (Å²) >= 11 is 0. The van der Waals surface area contributed by atoms with Gasteiger partial charge in [0.15, 0.2) is 0 Å². The highest BCUT2D eigenvalue weighted by Gasteiger charge is 2.19. The maximum Gasteiger partial charge on any atom is 0.337 e. The van der Waals surface area contributed by atoms with Gasteiger partial charge in [0.2, 0.25) is 0 Å². The Bertz CT molecular complexity index is 1110. The van der Waals surface area contributed by atoms with Crippen molar-refractivity contribution in [1.29, 1.82) is 0 Å². The summed E-state index contributed by atoms with van der Waals surface area (Å²) in [7, 11) is 1.37. The van der Waals surface area contributed by atoms with Crippen LogP contribution >= 0.6 is 0 Å². The van der Waals surface area contributed by atoms with Crippen LogP contribution < -0.4 is 5.32 Å². The van der Waals surface area contributed by atoms with E-state index < -0.39 is 0 Å². The molecule has 0 radical (unpaired) electrons. The number of carbonyl (C=O) groups excluding carboxylic acids is 2. The first-order chi connectivity index (χ1) is 16.0. The average Bonchev–Trinajstić information content (AvgIpc) is 3.11. The van der Waals surface area contributed by atoms with Crippen molar-refractivity contribution in [2.75, 3.05) is 26.7 Å². The molecule has 172 valence electrons. The molecular weight excluding hydrogens is 425 g/mol. The molecule has 1 aliphatic heterocycles. The van der Waals surface area contributed by atoms with Crippen molar-refractivity contribution in [2.24, 2.45) is 0 Å². The molecule has 0 atom stereocenters. The molecule has 0 bridgehead atoms. The Balaban J connectivity index is 1.29. The Hall–Kier alpha value is -3.59. The number of fused-ring (bicyclic) bond motifs is 1. The van der Waals surface area contributed by atoms with Gasteiger partial charge >= 0.3 is 5.97 Å². The molecule has 0 aliphatic carbocycles. The summed E-state index contributed by atoms with van der Waals surface area (Å²) in [6.45, 7) is 3.67. The monoisotopic (exact) mass is 451 g/mol. The summed E-state index contributed by atoms with van der Waals surface area (Å²) in [4.78, 5) is 26.2. The third-order valence-electron chi connectivity index (χ3n) is 5.72. The minimum atomic E-state index is -0.370. The molecule has 8 nitrogen and oxygen atoms in total. The predicted molar refractivity (Wildman–Crippen MR) is 119 cm³/mol. The molecule has 1 aliphatic rings. The molecule has 1 amide bonds. The predicted octanol–water partition coefficient (Wildman–Crippen LogP) is 2.23. The fourth-order valence-corrected chi connectivity index (χ4v) is 3.88. The van der Waals surface area contributed by atoms with Gasteiger partial charge in [-0.3, -0.25) is 9.69 Å². The third kappa shape index (κ3) is 5.61. The molecule has 9 heteroatoms. The highest BCUT2D eigenvalue weighted by molar-refractivity contribution is 5.94. The van der Waals surface area contributed by atoms with E-state index in [4.69, 9.17) is 4.74 Å². The molecule has 0 saturated heterocycles. The van der Waals surface area contributed by atoms with Gasteiger partial charge in [0.25, 0.3) is 5.91 Å². The molecule has 1 N–H and O–H groups in total. The smallest absolute Gasteiger partial charge is 0.337 e. The van der Waals surface area contributed by atoms with E-state index in [1.807, 2.05) is 12.1 Å². The maximum atomic E-state index is 13.0. The number of nitrogens with one attached hydrogen (secondary N) is 1. The summed E-state index contributed by atoms with van der Waals surface area (Å²) in [5.41, 5.74) is 2.09. The molecule has 3 aromatic rings. The summed E-state index contributed by atoms with van der Waals surface area (Å²) in [5.74, 6) is 0.836. The van der Waals surface area contributed by atoms with Gasteiger partial charge in [0.1, 0.15) is 17.5 Å². The number of ether oxygens (including phenoxy) is 1. The van der Waals surface area contributed by atoms with Crippen molar-refractivity contribution < 1.29 is 18.7 Å². The molecule has 0 spiro atoms. The summed E-state index contributed by atoms with van der Waals surface area (Å²) < 4.78 is 19.9. The van der Waals surface area contributed by atoms with Crippen molar-refractivity contribution in [3.63, 3.8) is 0 Å². The van der Waals surface area contributed by atoms with E-state index in [0.29, 0.717) is 24.1 Å². The first-order valence-corrected chi connectivity index (χ1v) is 10.9. The van der Waals surface area contributed by atoms with Crippen LogP contribution in [0.1, 0.15) is 37.9 Å². The van der Waals surface area contributed by atoms with Gasteiger partial charge in [-0.2, -0.15) is 0 Å². The van der Waals surface area contributed by atoms with Gasteiger partial charge in [-0.1, -0.05) is 12.1 Å². The van der Waals surface area contributed by atoms with Gasteiger partial charge in [-0.25, -0.2) is 9.18 Å². The van der Waals surface area contributed by atoms with Crippen molar-refractivity contribution >= 4 is 11.9 Å². The van der Waals surface area contributed by atoms with Crippen LogP contribution in [0.25, 0.3) is 0 Å². The molecule has 33 heavy (non-hydrogen) atoms. The van der Waals surface area contributed by atoms with Gasteiger partial charge in [0.05, 0.1) is 12.7 Å². The Morgan fingerprint density at radius 2 is 1.73 bits per heavy atom. The minimum absolute atomic E-state index is 0.241. The average molecular weight is 452 g/mol. The van der Waals surface area contributed by atoms with Crippen LogP contribution in [-0.2, 0) is 30.7 Å². The lowest BCUT2D eigenvalue weighted by atomic mass is 10.1. The van der Waals surface area contributed by atoms with E-state index in [-0.39, 0.29) is 17.7 Å². The number of halogens is 1. The first kappa shape index (κ1) is 22.6. The Morgan fingerprint density at radius 1 is 1.00 bits per heavy atom. The number of methoxy groups -OCH3 is 1. The fourth-order valence-electron chi connectivity index (χ4n) is 3.88. The number of esters is 1. The second-order valence-electron chi connectivity index (χ2n) is 7.91. The number of hydrogen-bond acceptors (Lipinski definition) is 6. The quantitative estimate of drug-likeness (QED) is 0.554. The second-order valence-corrected chi connectivity index (χ2v) is 7.91. The van der Waals surface area contributed by atoms with Crippen LogP contribution in [-0.4, -0.2) is 58.3 Å². The molecule has 0 saturated carbocycles. The Morgan fingerprint density at radius 3 is 2.45 bits per heavy atom. The topological polar surface area (TPSA) is 89.3 Å². The van der Waals surface area contributed by atoms with E-state index in [2.05, 4.69) is 25.0 Å². The lowest BCUT2D eigenvalue weighted by molar-refractivity contribution is 0.0600. The molecule has 4 rings (SSSR count). The number of carbonyl (C=O) groups is 2. The minimum Gasteiger partial charge on any atom is -0.465 e. The van der Waals surface area contributed by atoms with Crippen LogP contribution in [0, 0.1) is 5.82 Å². The number of amides is 1. The zero-order valence-electron chi connectivity index (χ0n) is 18.5. The Kier molecular flexibility index (Phi) is 7.09. The van der Waals surface area contributed by atoms with Gasteiger partial charge < -0.3 is 14.6 Å². The zero-order chi connectivity index (χ0) is 23.2. The van der Waals surface area contributed by atoms with Crippen LogP contribution in [0.4, 0.5) is 4.39 Å². The lowest BCUT2D eigenvalue weighted by Crippen LogP contribution is -2.28. The molecule has 2 heterocycles. The van der Waals surface area contributed by atoms with Gasteiger partial charge in [-0.05, 0) is 42.0 Å². The van der Waals surface area contributed by atoms with Gasteiger partial charge in [-0.15, -0.1) is 10.2 Å². The van der Waals surface area contributed by atoms with Crippen molar-refractivity contribution in [3.8, 4) is 0 Å². The van der Waals surface area contributed by atoms with E-state index >= 15 is 0 Å². The standard InChI is InChI=1S/C24H26FN5O3/c1-33-24(32)19-4-2-17(3-5-19)16-29-13-11-22-28-27-21(30(22)15-14-29)10-12-26-23(31)18-6-8-20(25)9-7-18/h2-9H,10-16H2,1H3,(H,26,31). The number of nitrogens with zero attached hydrogens (tertiary/aromatic N) is 4. The van der Waals surface area contributed by atoms with Crippen molar-refractivity contribution in [2.45, 2.75) is 25.9 Å². The highest BCUT2D eigenvalue weighted by Crippen LogP contribution is 2.14. The third-order valence-corrected chi connectivity index (χ3v) is 5.72. The Labute approximate surface area is 191 Å². The molecule has 2 aromatic carbocycles. The SMILES string of the molecule is COC(=O)c1ccc(CN2CCc3nnc(CCNC(=O)c4ccc(F)cc4)n3CC2)cc1. The van der Waals surface area contributed by atoms with Gasteiger partial charge in [0, 0.05) is 51.1 Å². The summed E-state index contributed by atoms with van der Waals surface area (Å²) in [6.07, 6.45) is 1.35. The second kappa shape index (κ2) is 10.4. The molecule has 0 unspecified atom stereocenters. The fraction of sp³-hybridized carbons (Fsp3) is 0.333. The van der Waals surface area contributed by atoms with Crippen LogP contribution in [0.15, 0.2) is 48.5 Å². The largest absolute Gasteiger partial charge is 0.465 e. The zero-order valence-corrected chi connectivity index (χ0v) is 18.5. The maximum absolute atomic E-state index is 13.0. The number of benzene rings is 2. The van der Waals surface area contributed by atoms with Crippen LogP contribution in [0.3, 0.4) is 0 Å². The van der Waals surface area contributed by atoms with E-state index in [1.54, 1.807) is 12.1 Å². The van der Waals surface area contributed by atoms with E-state index in [9.17, 15) is 14.0 Å². The van der Waals surface area contributed by atoms with Crippen LogP contribution in [0.2, 0.25) is 0 Å². The first-order valence-electron chi connectivity index (χ1n) is 10.9. The summed E-state index contributed by atoms with van der Waals surface area (Å²) in [5, 5.41) is 11.5. The number of rotatable bonds is 7. The molecule has 1 aromatic heterocycles. The van der Waals surface area contributed by atoms with Crippen molar-refractivity contribution in [1.82, 2.24) is 25.0 Å². The number of aromatic nitrogens is 3. The molecular formula is C24H26FN5O3. The van der Waals surface area contributed by atoms with Crippen LogP contribution in [0.5, 0.6) is 0 Å². The van der Waals surface area contributed by atoms with E-state index in [0.717, 1.165) is 49.8 Å². The number of hydrogen-bond donors (Lipinski definition) is 1.